The van der Waals surface area contributed by atoms with Gasteiger partial charge in [-0.1, -0.05) is 36.8 Å². The van der Waals surface area contributed by atoms with Crippen molar-refractivity contribution in [1.82, 2.24) is 14.9 Å². The van der Waals surface area contributed by atoms with Gasteiger partial charge in [0.1, 0.15) is 17.1 Å². The van der Waals surface area contributed by atoms with E-state index in [-0.39, 0.29) is 11.6 Å². The number of rotatable bonds is 5. The second-order valence-electron chi connectivity index (χ2n) is 9.61. The van der Waals surface area contributed by atoms with Gasteiger partial charge in [0, 0.05) is 22.9 Å². The highest BCUT2D eigenvalue weighted by Crippen LogP contribution is 2.41. The van der Waals surface area contributed by atoms with E-state index >= 15 is 0 Å². The maximum Gasteiger partial charge on any atom is 0.191 e. The maximum absolute atomic E-state index is 13.6. The van der Waals surface area contributed by atoms with Gasteiger partial charge in [-0.3, -0.25) is 14.6 Å². The minimum atomic E-state index is -0.843. The lowest BCUT2D eigenvalue weighted by atomic mass is 9.73. The quantitative estimate of drug-likeness (QED) is 0.765. The average Bonchev–Trinajstić information content (AvgIpc) is 3.26. The molecule has 1 aromatic carbocycles. The number of aromatic amines is 1. The van der Waals surface area contributed by atoms with Gasteiger partial charge in [0.25, 0.3) is 0 Å². The van der Waals surface area contributed by atoms with Gasteiger partial charge < -0.3 is 9.88 Å². The molecule has 2 aliphatic heterocycles. The molecule has 0 amide bonds. The molecule has 166 valence electrons. The van der Waals surface area contributed by atoms with E-state index < -0.39 is 11.5 Å². The van der Waals surface area contributed by atoms with Gasteiger partial charge in [-0.15, -0.1) is 0 Å². The third kappa shape index (κ3) is 3.66. The third-order valence-corrected chi connectivity index (χ3v) is 6.94. The Hall–Kier alpha value is -2.86. The molecule has 5 rings (SSSR count). The number of ketones is 2. The molecule has 0 radical (unpaired) electrons. The Morgan fingerprint density at radius 3 is 2.59 bits per heavy atom. The first-order chi connectivity index (χ1) is 15.5. The van der Waals surface area contributed by atoms with E-state index in [2.05, 4.69) is 19.9 Å². The van der Waals surface area contributed by atoms with Crippen molar-refractivity contribution in [3.63, 3.8) is 0 Å². The summed E-state index contributed by atoms with van der Waals surface area (Å²) in [6, 6.07) is 9.76. The van der Waals surface area contributed by atoms with Crippen LogP contribution >= 0.6 is 0 Å². The van der Waals surface area contributed by atoms with Crippen molar-refractivity contribution < 1.29 is 9.59 Å². The van der Waals surface area contributed by atoms with Crippen molar-refractivity contribution >= 4 is 23.4 Å². The molecule has 6 nitrogen and oxygen atoms in total. The number of benzene rings is 1. The number of piperidine rings is 1. The molecule has 1 N–H and O–H groups in total. The normalized spacial score (nSPS) is 22.8. The Balaban J connectivity index is 1.49. The fourth-order valence-corrected chi connectivity index (χ4v) is 5.10. The molecule has 1 aliphatic carbocycles. The number of H-pyrrole nitrogens is 1. The largest absolute Gasteiger partial charge is 0.337 e. The van der Waals surface area contributed by atoms with E-state index in [1.54, 1.807) is 6.21 Å². The monoisotopic (exact) mass is 430 g/mol. The smallest absolute Gasteiger partial charge is 0.191 e. The molecule has 32 heavy (non-hydrogen) atoms. The number of nitrogens with zero attached hydrogens (tertiary/aromatic N) is 3. The summed E-state index contributed by atoms with van der Waals surface area (Å²) >= 11 is 0. The number of aliphatic imine (C=N–C) groups is 1. The fourth-order valence-electron chi connectivity index (χ4n) is 5.10. The number of fused-ring (bicyclic) bond motifs is 2. The zero-order valence-electron chi connectivity index (χ0n) is 18.9. The number of allylic oxidation sites excluding steroid dienone is 1. The van der Waals surface area contributed by atoms with E-state index in [0.29, 0.717) is 29.2 Å². The fraction of sp³-hybridized carbons (Fsp3) is 0.462. The maximum atomic E-state index is 13.6. The van der Waals surface area contributed by atoms with Crippen LogP contribution in [-0.2, 0) is 4.79 Å². The second-order valence-corrected chi connectivity index (χ2v) is 9.61. The standard InChI is InChI=1S/C26H30N4O2/c1-26(2)24(32)20-18(12-9-15-30-13-7-4-8-14-30)23(31)22-21(19(20)16-27-26)28-25(29-22)17-10-5-3-6-11-17/h3,5-6,10-11,16,18H,4,7-9,12-15H2,1-2H3,(H,28,29). The summed E-state index contributed by atoms with van der Waals surface area (Å²) < 4.78 is 0. The predicted molar refractivity (Wildman–Crippen MR) is 126 cm³/mol. The van der Waals surface area contributed by atoms with Gasteiger partial charge in [0.05, 0.1) is 11.6 Å². The molecule has 1 unspecified atom stereocenters. The van der Waals surface area contributed by atoms with Crippen LogP contribution in [0.15, 0.2) is 40.9 Å². The highest BCUT2D eigenvalue weighted by atomic mass is 16.1. The lowest BCUT2D eigenvalue weighted by Crippen LogP contribution is -2.41. The molecule has 1 atom stereocenters. The van der Waals surface area contributed by atoms with Crippen molar-refractivity contribution in [2.75, 3.05) is 19.6 Å². The van der Waals surface area contributed by atoms with Gasteiger partial charge >= 0.3 is 0 Å². The molecule has 1 saturated heterocycles. The highest BCUT2D eigenvalue weighted by Gasteiger charge is 2.45. The molecule has 1 aromatic heterocycles. The van der Waals surface area contributed by atoms with Gasteiger partial charge in [-0.05, 0) is 59.2 Å². The highest BCUT2D eigenvalue weighted by molar-refractivity contribution is 6.30. The van der Waals surface area contributed by atoms with Crippen LogP contribution in [0, 0.1) is 5.92 Å². The van der Waals surface area contributed by atoms with Gasteiger partial charge in [0.2, 0.25) is 0 Å². The zero-order valence-corrected chi connectivity index (χ0v) is 18.9. The lowest BCUT2D eigenvalue weighted by molar-refractivity contribution is -0.119. The average molecular weight is 431 g/mol. The Bertz CT molecular complexity index is 1100. The van der Waals surface area contributed by atoms with Crippen LogP contribution in [0.4, 0.5) is 0 Å². The number of nitrogens with one attached hydrogen (secondary N) is 1. The Kier molecular flexibility index (Phi) is 5.41. The summed E-state index contributed by atoms with van der Waals surface area (Å²) in [5.41, 5.74) is 2.49. The van der Waals surface area contributed by atoms with Crippen molar-refractivity contribution in [2.45, 2.75) is 51.5 Å². The number of likely N-dealkylation sites (tertiary alicyclic amines) is 1. The summed E-state index contributed by atoms with van der Waals surface area (Å²) in [6.45, 7) is 6.89. The zero-order chi connectivity index (χ0) is 22.3. The molecule has 3 aliphatic rings. The molecular weight excluding hydrogens is 400 g/mol. The summed E-state index contributed by atoms with van der Waals surface area (Å²) in [5, 5.41) is 0. The minimum Gasteiger partial charge on any atom is -0.337 e. The Labute approximate surface area is 188 Å². The number of Topliss-reactive ketones (excluding diaryl/α,β-unsaturated/α-hetero) is 2. The Morgan fingerprint density at radius 1 is 1.09 bits per heavy atom. The summed E-state index contributed by atoms with van der Waals surface area (Å²) in [5.74, 6) is 0.103. The second kappa shape index (κ2) is 8.24. The van der Waals surface area contributed by atoms with Crippen LogP contribution in [0.25, 0.3) is 17.0 Å². The van der Waals surface area contributed by atoms with E-state index in [1.807, 2.05) is 44.2 Å². The number of hydrogen-bond acceptors (Lipinski definition) is 5. The minimum absolute atomic E-state index is 0.0460. The Morgan fingerprint density at radius 2 is 1.84 bits per heavy atom. The topological polar surface area (TPSA) is 78.4 Å². The number of carbonyl (C=O) groups excluding carboxylic acids is 2. The number of carbonyl (C=O) groups is 2. The molecule has 2 aromatic rings. The summed E-state index contributed by atoms with van der Waals surface area (Å²) in [4.78, 5) is 42.0. The number of aromatic nitrogens is 2. The van der Waals surface area contributed by atoms with Crippen LogP contribution in [0.5, 0.6) is 0 Å². The molecule has 6 heteroatoms. The van der Waals surface area contributed by atoms with Crippen LogP contribution in [-0.4, -0.2) is 57.8 Å². The number of hydrogen-bond donors (Lipinski definition) is 1. The SMILES string of the molecule is CC1(C)N=CC2=C(C1=O)C(CCCN1CCCCC1)C(=O)c1nc(-c3ccccc3)[nH]c12. The summed E-state index contributed by atoms with van der Waals surface area (Å²) in [6.07, 6.45) is 7.13. The summed E-state index contributed by atoms with van der Waals surface area (Å²) in [7, 11) is 0. The van der Waals surface area contributed by atoms with Crippen LogP contribution in [0.2, 0.25) is 0 Å². The van der Waals surface area contributed by atoms with Crippen molar-refractivity contribution in [3.05, 3.63) is 47.3 Å². The molecule has 0 bridgehead atoms. The molecular formula is C26H30N4O2. The van der Waals surface area contributed by atoms with Gasteiger partial charge in [-0.2, -0.15) is 0 Å². The first-order valence-corrected chi connectivity index (χ1v) is 11.7. The van der Waals surface area contributed by atoms with Crippen LogP contribution < -0.4 is 0 Å². The van der Waals surface area contributed by atoms with E-state index in [9.17, 15) is 9.59 Å². The van der Waals surface area contributed by atoms with Crippen molar-refractivity contribution in [1.29, 1.82) is 0 Å². The van der Waals surface area contributed by atoms with E-state index in [4.69, 9.17) is 0 Å². The predicted octanol–water partition coefficient (Wildman–Crippen LogP) is 4.34. The molecule has 1 fully saturated rings. The number of dihydropyridines is 1. The first kappa shape index (κ1) is 21.0. The third-order valence-electron chi connectivity index (χ3n) is 6.94. The van der Waals surface area contributed by atoms with E-state index in [0.717, 1.165) is 37.2 Å². The molecule has 3 heterocycles. The van der Waals surface area contributed by atoms with E-state index in [1.165, 1.54) is 19.3 Å². The molecule has 0 spiro atoms. The lowest BCUT2D eigenvalue weighted by Gasteiger charge is -2.33. The van der Waals surface area contributed by atoms with Crippen LogP contribution in [0.1, 0.15) is 62.1 Å². The van der Waals surface area contributed by atoms with Crippen molar-refractivity contribution in [3.8, 4) is 11.4 Å². The van der Waals surface area contributed by atoms with Crippen LogP contribution in [0.3, 0.4) is 0 Å². The van der Waals surface area contributed by atoms with Gasteiger partial charge in [-0.25, -0.2) is 4.98 Å². The molecule has 0 saturated carbocycles. The van der Waals surface area contributed by atoms with Gasteiger partial charge in [0.15, 0.2) is 11.6 Å². The number of imidazole rings is 1. The first-order valence-electron chi connectivity index (χ1n) is 11.7. The van der Waals surface area contributed by atoms with Crippen molar-refractivity contribution in [2.24, 2.45) is 10.9 Å².